The van der Waals surface area contributed by atoms with Crippen molar-refractivity contribution in [3.8, 4) is 50.6 Å². The second kappa shape index (κ2) is 14.0. The van der Waals surface area contributed by atoms with Gasteiger partial charge in [-0.2, -0.15) is 5.26 Å². The number of benzene rings is 7. The molecule has 54 heavy (non-hydrogen) atoms. The lowest BCUT2D eigenvalue weighted by Gasteiger charge is -2.26. The Labute approximate surface area is 313 Å². The third kappa shape index (κ3) is 6.34. The Bertz CT molecular complexity index is 2750. The number of rotatable bonds is 7. The van der Waals surface area contributed by atoms with Gasteiger partial charge in [0.05, 0.1) is 11.6 Å². The molecule has 256 valence electrons. The van der Waals surface area contributed by atoms with Crippen LogP contribution in [0.4, 0.5) is 0 Å². The Morgan fingerprint density at radius 2 is 1.02 bits per heavy atom. The zero-order valence-corrected chi connectivity index (χ0v) is 29.3. The molecule has 0 fully saturated rings. The van der Waals surface area contributed by atoms with Gasteiger partial charge in [0.25, 0.3) is 0 Å². The number of amidine groups is 1. The number of allylic oxidation sites excluding steroid dienone is 2. The molecule has 0 saturated heterocycles. The predicted molar refractivity (Wildman–Crippen MR) is 221 cm³/mol. The van der Waals surface area contributed by atoms with Crippen LogP contribution in [0.5, 0.6) is 0 Å². The molecular formula is C49H34N4O. The standard InChI is InChI=1S/C49H34N4O/c50-31-32-8-10-37(11-9-32)41-24-26-46-44(29-41)45-30-42(25-27-47(45)54-46)38-18-16-35(17-19-38)33-12-14-34(15-13-33)36-20-22-40(23-21-36)48(51)53-49-43(7-4-28-52-49)39-5-2-1-3-6-39/h1-30,49,52H,(H2,51,53). The average Bonchev–Trinajstić information content (AvgIpc) is 3.62. The van der Waals surface area contributed by atoms with Gasteiger partial charge < -0.3 is 15.1 Å². The Morgan fingerprint density at radius 1 is 0.556 bits per heavy atom. The van der Waals surface area contributed by atoms with E-state index in [0.29, 0.717) is 11.4 Å². The molecule has 2 heterocycles. The van der Waals surface area contributed by atoms with Crippen LogP contribution >= 0.6 is 0 Å². The highest BCUT2D eigenvalue weighted by Crippen LogP contribution is 2.36. The molecule has 8 aromatic rings. The van der Waals surface area contributed by atoms with E-state index in [4.69, 9.17) is 9.83 Å². The van der Waals surface area contributed by atoms with Crippen LogP contribution in [0.25, 0.3) is 72.0 Å². The van der Waals surface area contributed by atoms with Gasteiger partial charge in [0.15, 0.2) is 0 Å². The molecule has 0 radical (unpaired) electrons. The van der Waals surface area contributed by atoms with E-state index in [0.717, 1.165) is 83.1 Å². The van der Waals surface area contributed by atoms with Crippen LogP contribution in [-0.4, -0.2) is 12.0 Å². The summed E-state index contributed by atoms with van der Waals surface area (Å²) in [6.45, 7) is 0. The third-order valence-electron chi connectivity index (χ3n) is 10.1. The summed E-state index contributed by atoms with van der Waals surface area (Å²) in [5, 5.41) is 26.8. The normalized spacial score (nSPS) is 13.6. The lowest BCUT2D eigenvalue weighted by molar-refractivity contribution is 0.669. The minimum absolute atomic E-state index is 0.192. The minimum Gasteiger partial charge on any atom is -0.456 e. The molecule has 7 aromatic carbocycles. The minimum atomic E-state index is -0.192. The zero-order chi connectivity index (χ0) is 36.4. The van der Waals surface area contributed by atoms with Crippen molar-refractivity contribution in [3.63, 3.8) is 0 Å². The molecule has 3 N–H and O–H groups in total. The van der Waals surface area contributed by atoms with Crippen molar-refractivity contribution in [1.82, 2.24) is 10.6 Å². The summed E-state index contributed by atoms with van der Waals surface area (Å²) in [6, 6.07) is 58.2. The smallest absolute Gasteiger partial charge is 0.135 e. The van der Waals surface area contributed by atoms with Crippen molar-refractivity contribution in [2.75, 3.05) is 0 Å². The average molecular weight is 695 g/mol. The summed E-state index contributed by atoms with van der Waals surface area (Å²) in [4.78, 5) is 0. The van der Waals surface area contributed by atoms with Crippen LogP contribution in [0, 0.1) is 16.7 Å². The van der Waals surface area contributed by atoms with E-state index in [1.807, 2.05) is 72.9 Å². The highest BCUT2D eigenvalue weighted by Gasteiger charge is 2.18. The van der Waals surface area contributed by atoms with E-state index in [1.165, 1.54) is 0 Å². The first-order valence-electron chi connectivity index (χ1n) is 17.9. The molecular weight excluding hydrogens is 661 g/mol. The van der Waals surface area contributed by atoms with E-state index < -0.39 is 0 Å². The predicted octanol–water partition coefficient (Wildman–Crippen LogP) is 11.6. The number of hydrogen-bond acceptors (Lipinski definition) is 4. The highest BCUT2D eigenvalue weighted by atomic mass is 16.3. The van der Waals surface area contributed by atoms with E-state index in [-0.39, 0.29) is 6.17 Å². The molecule has 0 saturated carbocycles. The first-order chi connectivity index (χ1) is 26.6. The summed E-state index contributed by atoms with van der Waals surface area (Å²) in [7, 11) is 0. The van der Waals surface area contributed by atoms with Gasteiger partial charge in [-0.3, -0.25) is 5.41 Å². The highest BCUT2D eigenvalue weighted by molar-refractivity contribution is 6.07. The molecule has 0 aliphatic carbocycles. The van der Waals surface area contributed by atoms with Crippen LogP contribution in [0.15, 0.2) is 187 Å². The molecule has 0 amide bonds. The first-order valence-corrected chi connectivity index (χ1v) is 17.9. The van der Waals surface area contributed by atoms with Crippen LogP contribution in [-0.2, 0) is 0 Å². The van der Waals surface area contributed by atoms with Gasteiger partial charge in [0.2, 0.25) is 0 Å². The molecule has 1 aliphatic rings. The zero-order valence-electron chi connectivity index (χ0n) is 29.3. The number of furan rings is 1. The lowest BCUT2D eigenvalue weighted by atomic mass is 9.97. The van der Waals surface area contributed by atoms with Gasteiger partial charge in [-0.1, -0.05) is 133 Å². The largest absolute Gasteiger partial charge is 0.456 e. The molecule has 1 atom stereocenters. The van der Waals surface area contributed by atoms with E-state index in [1.54, 1.807) is 0 Å². The monoisotopic (exact) mass is 694 g/mol. The van der Waals surface area contributed by atoms with Gasteiger partial charge in [0.1, 0.15) is 23.2 Å². The molecule has 5 nitrogen and oxygen atoms in total. The fraction of sp³-hybridized carbons (Fsp3) is 0.0204. The maximum atomic E-state index is 9.18. The summed E-state index contributed by atoms with van der Waals surface area (Å²) in [6.07, 6.45) is 5.78. The fourth-order valence-corrected chi connectivity index (χ4v) is 7.14. The topological polar surface area (TPSA) is 84.8 Å². The summed E-state index contributed by atoms with van der Waals surface area (Å²) in [5.74, 6) is 0.363. The maximum absolute atomic E-state index is 9.18. The third-order valence-corrected chi connectivity index (χ3v) is 10.1. The second-order valence-corrected chi connectivity index (χ2v) is 13.4. The van der Waals surface area contributed by atoms with Crippen molar-refractivity contribution in [2.24, 2.45) is 0 Å². The molecule has 0 bridgehead atoms. The fourth-order valence-electron chi connectivity index (χ4n) is 7.14. The van der Waals surface area contributed by atoms with Gasteiger partial charge >= 0.3 is 0 Å². The Hall–Kier alpha value is -7.42. The molecule has 1 aliphatic heterocycles. The molecule has 9 rings (SSSR count). The van der Waals surface area contributed by atoms with Gasteiger partial charge in [-0.05, 0) is 98.7 Å². The van der Waals surface area contributed by atoms with Crippen LogP contribution < -0.4 is 10.6 Å². The van der Waals surface area contributed by atoms with Crippen molar-refractivity contribution in [3.05, 3.63) is 199 Å². The van der Waals surface area contributed by atoms with Gasteiger partial charge in [-0.25, -0.2) is 0 Å². The van der Waals surface area contributed by atoms with Crippen molar-refractivity contribution in [2.45, 2.75) is 6.17 Å². The summed E-state index contributed by atoms with van der Waals surface area (Å²) < 4.78 is 6.19. The van der Waals surface area contributed by atoms with Crippen LogP contribution in [0.2, 0.25) is 0 Å². The Balaban J connectivity index is 0.890. The Kier molecular flexibility index (Phi) is 8.39. The molecule has 1 aromatic heterocycles. The second-order valence-electron chi connectivity index (χ2n) is 13.4. The van der Waals surface area contributed by atoms with E-state index in [2.05, 4.69) is 126 Å². The number of nitrogens with one attached hydrogen (secondary N) is 3. The van der Waals surface area contributed by atoms with Crippen LogP contribution in [0.3, 0.4) is 0 Å². The van der Waals surface area contributed by atoms with Crippen molar-refractivity contribution >= 4 is 33.3 Å². The molecule has 1 unspecified atom stereocenters. The SMILES string of the molecule is N#Cc1ccc(-c2ccc3oc4ccc(-c5ccc(-c6ccc(-c7ccc(C(=N)NC8NC=CC=C8c8ccccc8)cc7)cc6)cc5)cc4c3c2)cc1. The van der Waals surface area contributed by atoms with E-state index in [9.17, 15) is 5.26 Å². The Morgan fingerprint density at radius 3 is 1.54 bits per heavy atom. The summed E-state index contributed by atoms with van der Waals surface area (Å²) in [5.41, 5.74) is 14.3. The van der Waals surface area contributed by atoms with Crippen molar-refractivity contribution in [1.29, 1.82) is 10.7 Å². The lowest BCUT2D eigenvalue weighted by Crippen LogP contribution is -2.44. The number of fused-ring (bicyclic) bond motifs is 3. The van der Waals surface area contributed by atoms with Crippen molar-refractivity contribution < 1.29 is 4.42 Å². The number of nitriles is 1. The quantitative estimate of drug-likeness (QED) is 0.114. The summed E-state index contributed by atoms with van der Waals surface area (Å²) >= 11 is 0. The first kappa shape index (κ1) is 32.5. The molecule has 5 heteroatoms. The number of dihydropyridines is 1. The van der Waals surface area contributed by atoms with Crippen LogP contribution in [0.1, 0.15) is 16.7 Å². The van der Waals surface area contributed by atoms with Gasteiger partial charge in [-0.15, -0.1) is 0 Å². The van der Waals surface area contributed by atoms with E-state index >= 15 is 0 Å². The molecule has 0 spiro atoms. The van der Waals surface area contributed by atoms with Gasteiger partial charge in [0, 0.05) is 21.9 Å². The maximum Gasteiger partial charge on any atom is 0.135 e. The number of nitrogens with zero attached hydrogens (tertiary/aromatic N) is 1. The number of hydrogen-bond donors (Lipinski definition) is 3.